The number of aromatic nitrogens is 4. The van der Waals surface area contributed by atoms with Crippen LogP contribution in [0.5, 0.6) is 11.5 Å². The average molecular weight is 799 g/mol. The minimum Gasteiger partial charge on any atom is -0.491 e. The highest BCUT2D eigenvalue weighted by molar-refractivity contribution is 6.21. The van der Waals surface area contributed by atoms with Crippen LogP contribution in [0.2, 0.25) is 0 Å². The molecule has 1 aliphatic carbocycles. The van der Waals surface area contributed by atoms with Crippen LogP contribution in [0.1, 0.15) is 60.2 Å². The molecule has 3 amide bonds. The van der Waals surface area contributed by atoms with Gasteiger partial charge in [0.15, 0.2) is 0 Å². The second-order valence-electron chi connectivity index (χ2n) is 15.4. The van der Waals surface area contributed by atoms with E-state index in [2.05, 4.69) is 49.1 Å². The van der Waals surface area contributed by atoms with Gasteiger partial charge in [0, 0.05) is 50.1 Å². The molecule has 2 saturated heterocycles. The van der Waals surface area contributed by atoms with Crippen molar-refractivity contribution in [3.63, 3.8) is 0 Å². The first-order valence-electron chi connectivity index (χ1n) is 20.0. The van der Waals surface area contributed by atoms with Crippen LogP contribution in [0.4, 0.5) is 5.82 Å². The van der Waals surface area contributed by atoms with Crippen LogP contribution in [0, 0.1) is 0 Å². The van der Waals surface area contributed by atoms with Gasteiger partial charge < -0.3 is 39.0 Å². The van der Waals surface area contributed by atoms with Gasteiger partial charge in [0.1, 0.15) is 47.8 Å². The fraction of sp³-hybridized carbons (Fsp3) is 0.512. The fourth-order valence-electron chi connectivity index (χ4n) is 7.61. The molecule has 2 aromatic heterocycles. The molecule has 308 valence electrons. The number of nitrogens with one attached hydrogen (secondary N) is 2. The lowest BCUT2D eigenvalue weighted by Crippen LogP contribution is -2.57. The lowest BCUT2D eigenvalue weighted by atomic mass is 10.0. The second kappa shape index (κ2) is 17.3. The third-order valence-electron chi connectivity index (χ3n) is 11.2. The Labute approximate surface area is 335 Å². The number of aromatic amines is 1. The smallest absolute Gasteiger partial charge is 0.262 e. The van der Waals surface area contributed by atoms with E-state index in [9.17, 15) is 19.5 Å². The first kappa shape index (κ1) is 39.6. The van der Waals surface area contributed by atoms with Crippen molar-refractivity contribution in [1.82, 2.24) is 35.3 Å². The largest absolute Gasteiger partial charge is 0.491 e. The Balaban J connectivity index is 0.684. The SMILES string of the molecule is C[C@H]1CN(c2cc(-c3n[nH]c4ccc(OC5(C)CC5)cc34)ncn2)CCN1CCOCCOCCOCCOc1ccc2c(c1)C(=O)N(C1CCC(=O)NC1O)C2=O. The zero-order chi connectivity index (χ0) is 40.2. The Morgan fingerprint density at radius 3 is 2.36 bits per heavy atom. The van der Waals surface area contributed by atoms with Crippen LogP contribution < -0.4 is 19.7 Å². The number of nitrogens with zero attached hydrogens (tertiary/aromatic N) is 6. The number of fused-ring (bicyclic) bond motifs is 2. The molecule has 17 heteroatoms. The van der Waals surface area contributed by atoms with E-state index in [0.29, 0.717) is 51.4 Å². The van der Waals surface area contributed by atoms with Crippen molar-refractivity contribution in [2.24, 2.45) is 0 Å². The summed E-state index contributed by atoms with van der Waals surface area (Å²) in [6.07, 6.45) is 2.78. The number of imide groups is 1. The van der Waals surface area contributed by atoms with E-state index in [1.165, 1.54) is 12.1 Å². The Bertz CT molecular complexity index is 2130. The van der Waals surface area contributed by atoms with E-state index in [4.69, 9.17) is 23.7 Å². The molecule has 2 unspecified atom stereocenters. The first-order valence-corrected chi connectivity index (χ1v) is 20.0. The summed E-state index contributed by atoms with van der Waals surface area (Å²) in [5.41, 5.74) is 2.89. The molecule has 1 saturated carbocycles. The van der Waals surface area contributed by atoms with Crippen molar-refractivity contribution in [2.75, 3.05) is 77.3 Å². The number of benzene rings is 2. The maximum atomic E-state index is 13.0. The molecule has 58 heavy (non-hydrogen) atoms. The van der Waals surface area contributed by atoms with Crippen LogP contribution >= 0.6 is 0 Å². The van der Waals surface area contributed by atoms with Crippen molar-refractivity contribution in [2.45, 2.75) is 63.4 Å². The summed E-state index contributed by atoms with van der Waals surface area (Å²) in [5, 5.41) is 21.3. The van der Waals surface area contributed by atoms with Crippen molar-refractivity contribution < 1.29 is 43.2 Å². The number of aliphatic hydroxyl groups is 1. The normalized spacial score (nSPS) is 21.7. The number of anilines is 1. The standard InChI is InChI=1S/C41H50N8O9/c1-26-24-48(35-23-33(42-25-43-35)37-31-22-28(58-41(2)9-10-41)4-6-32(31)45-46-37)12-11-47(26)13-14-54-15-16-55-17-18-56-19-20-57-27-3-5-29-30(21-27)40(53)49(39(29)52)34-7-8-36(50)44-38(34)51/h3-6,21-23,25-26,34,38,51H,7-20,24H2,1-2H3,(H,44,50)(H,45,46)/t26-,34?,38?/m0/s1. The molecule has 3 aliphatic heterocycles. The van der Waals surface area contributed by atoms with Gasteiger partial charge in [-0.3, -0.25) is 29.3 Å². The van der Waals surface area contributed by atoms with Gasteiger partial charge in [-0.05, 0) is 69.5 Å². The van der Waals surface area contributed by atoms with E-state index in [1.54, 1.807) is 12.4 Å². The minimum absolute atomic E-state index is 0.0578. The highest BCUT2D eigenvalue weighted by atomic mass is 16.6. The summed E-state index contributed by atoms with van der Waals surface area (Å²) >= 11 is 0. The Hall–Kier alpha value is -5.20. The molecular weight excluding hydrogens is 748 g/mol. The summed E-state index contributed by atoms with van der Waals surface area (Å²) in [6, 6.07) is 12.2. The Morgan fingerprint density at radius 2 is 1.60 bits per heavy atom. The van der Waals surface area contributed by atoms with Gasteiger partial charge in [0.25, 0.3) is 11.8 Å². The van der Waals surface area contributed by atoms with Crippen molar-refractivity contribution >= 4 is 34.4 Å². The highest BCUT2D eigenvalue weighted by Crippen LogP contribution is 2.41. The quantitative estimate of drug-likeness (QED) is 0.0983. The summed E-state index contributed by atoms with van der Waals surface area (Å²) < 4.78 is 29.1. The number of carbonyl (C=O) groups is 3. The van der Waals surface area contributed by atoms with Crippen molar-refractivity contribution in [1.29, 1.82) is 0 Å². The van der Waals surface area contributed by atoms with Crippen LogP contribution in [-0.2, 0) is 19.0 Å². The first-order chi connectivity index (χ1) is 28.2. The number of rotatable bonds is 18. The lowest BCUT2D eigenvalue weighted by molar-refractivity contribution is -0.129. The number of piperidine rings is 1. The van der Waals surface area contributed by atoms with Gasteiger partial charge in [0.05, 0.1) is 68.0 Å². The average Bonchev–Trinajstić information content (AvgIpc) is 3.70. The van der Waals surface area contributed by atoms with Gasteiger partial charge in [-0.25, -0.2) is 9.97 Å². The molecule has 3 atom stereocenters. The fourth-order valence-corrected chi connectivity index (χ4v) is 7.61. The topological polar surface area (TPSA) is 194 Å². The molecule has 0 bridgehead atoms. The van der Waals surface area contributed by atoms with Gasteiger partial charge in [-0.15, -0.1) is 0 Å². The maximum absolute atomic E-state index is 13.0. The number of hydrogen-bond donors (Lipinski definition) is 3. The molecule has 8 rings (SSSR count). The predicted octanol–water partition coefficient (Wildman–Crippen LogP) is 2.78. The van der Waals surface area contributed by atoms with E-state index >= 15 is 0 Å². The van der Waals surface area contributed by atoms with Crippen LogP contribution in [0.15, 0.2) is 48.8 Å². The van der Waals surface area contributed by atoms with E-state index in [0.717, 1.165) is 77.8 Å². The summed E-state index contributed by atoms with van der Waals surface area (Å²) in [7, 11) is 0. The molecule has 0 radical (unpaired) electrons. The van der Waals surface area contributed by atoms with Crippen molar-refractivity contribution in [3.8, 4) is 22.9 Å². The minimum atomic E-state index is -1.30. The molecule has 4 aromatic rings. The van der Waals surface area contributed by atoms with Gasteiger partial charge in [-0.2, -0.15) is 5.10 Å². The number of piperazine rings is 1. The molecule has 17 nitrogen and oxygen atoms in total. The van der Waals surface area contributed by atoms with E-state index < -0.39 is 24.1 Å². The Morgan fingerprint density at radius 1 is 0.862 bits per heavy atom. The Kier molecular flexibility index (Phi) is 11.8. The van der Waals surface area contributed by atoms with E-state index in [1.807, 2.05) is 24.3 Å². The monoisotopic (exact) mass is 798 g/mol. The second-order valence-corrected chi connectivity index (χ2v) is 15.4. The number of hydrogen-bond acceptors (Lipinski definition) is 14. The van der Waals surface area contributed by atoms with Crippen LogP contribution in [0.25, 0.3) is 22.3 Å². The zero-order valence-electron chi connectivity index (χ0n) is 32.9. The number of aliphatic hydroxyl groups excluding tert-OH is 1. The number of ether oxygens (including phenoxy) is 5. The zero-order valence-corrected chi connectivity index (χ0v) is 32.9. The van der Waals surface area contributed by atoms with Gasteiger partial charge in [0.2, 0.25) is 5.91 Å². The lowest BCUT2D eigenvalue weighted by Gasteiger charge is -2.40. The van der Waals surface area contributed by atoms with Gasteiger partial charge >= 0.3 is 0 Å². The molecular formula is C41H50N8O9. The molecule has 2 aromatic carbocycles. The molecule has 4 aliphatic rings. The maximum Gasteiger partial charge on any atom is 0.262 e. The summed E-state index contributed by atoms with van der Waals surface area (Å²) in [5.74, 6) is 0.821. The number of carbonyl (C=O) groups excluding carboxylic acids is 3. The van der Waals surface area contributed by atoms with Crippen molar-refractivity contribution in [3.05, 3.63) is 59.9 Å². The molecule has 3 fully saturated rings. The summed E-state index contributed by atoms with van der Waals surface area (Å²) in [6.45, 7) is 10.7. The predicted molar refractivity (Wildman–Crippen MR) is 211 cm³/mol. The molecule has 5 heterocycles. The molecule has 0 spiro atoms. The molecule has 3 N–H and O–H groups in total. The van der Waals surface area contributed by atoms with Crippen LogP contribution in [-0.4, -0.2) is 149 Å². The van der Waals surface area contributed by atoms with E-state index in [-0.39, 0.29) is 42.1 Å². The van der Waals surface area contributed by atoms with Gasteiger partial charge in [-0.1, -0.05) is 0 Å². The number of H-pyrrole nitrogens is 1. The third kappa shape index (κ3) is 8.93. The highest BCUT2D eigenvalue weighted by Gasteiger charge is 2.44. The third-order valence-corrected chi connectivity index (χ3v) is 11.2. The summed E-state index contributed by atoms with van der Waals surface area (Å²) in [4.78, 5) is 52.4. The number of amides is 3. The van der Waals surface area contributed by atoms with Crippen LogP contribution in [0.3, 0.4) is 0 Å².